The van der Waals surface area contributed by atoms with Gasteiger partial charge in [0.2, 0.25) is 0 Å². The van der Waals surface area contributed by atoms with Crippen LogP contribution in [0.4, 0.5) is 11.5 Å². The number of nitrogens with zero attached hydrogens (tertiary/aromatic N) is 5. The van der Waals surface area contributed by atoms with Gasteiger partial charge in [0.15, 0.2) is 11.5 Å². The molecule has 0 aliphatic carbocycles. The Balaban J connectivity index is 1.67. The van der Waals surface area contributed by atoms with Crippen LogP contribution in [-0.2, 0) is 20.8 Å². The Bertz CT molecular complexity index is 1270. The Morgan fingerprint density at radius 2 is 1.71 bits per heavy atom. The topological polar surface area (TPSA) is 121 Å². The van der Waals surface area contributed by atoms with Crippen LogP contribution in [0.1, 0.15) is 24.3 Å². The van der Waals surface area contributed by atoms with Crippen molar-refractivity contribution < 1.29 is 19.1 Å². The lowest BCUT2D eigenvalue weighted by molar-refractivity contribution is -0.143. The second-order valence-corrected chi connectivity index (χ2v) is 6.51. The van der Waals surface area contributed by atoms with Crippen molar-refractivity contribution in [3.8, 4) is 0 Å². The molecule has 0 fully saturated rings. The lowest BCUT2D eigenvalue weighted by Gasteiger charge is -2.11. The van der Waals surface area contributed by atoms with Crippen LogP contribution in [0.25, 0.3) is 22.1 Å². The van der Waals surface area contributed by atoms with Gasteiger partial charge in [0, 0.05) is 5.69 Å². The van der Waals surface area contributed by atoms with Crippen LogP contribution in [0, 0.1) is 0 Å². The maximum absolute atomic E-state index is 12.4. The third-order valence-electron chi connectivity index (χ3n) is 4.40. The van der Waals surface area contributed by atoms with Gasteiger partial charge in [-0.1, -0.05) is 17.3 Å². The van der Waals surface area contributed by atoms with Crippen molar-refractivity contribution in [3.05, 3.63) is 48.2 Å². The first-order valence-electron chi connectivity index (χ1n) is 9.78. The molecule has 10 nitrogen and oxygen atoms in total. The normalized spacial score (nSPS) is 10.9. The fourth-order valence-electron chi connectivity index (χ4n) is 3.06. The molecule has 4 aromatic rings. The van der Waals surface area contributed by atoms with E-state index >= 15 is 0 Å². The van der Waals surface area contributed by atoms with E-state index in [2.05, 4.69) is 25.6 Å². The minimum atomic E-state index is -0.565. The van der Waals surface area contributed by atoms with E-state index in [1.807, 2.05) is 18.2 Å². The lowest BCUT2D eigenvalue weighted by Crippen LogP contribution is -2.14. The summed E-state index contributed by atoms with van der Waals surface area (Å²) in [5, 5.41) is 11.2. The van der Waals surface area contributed by atoms with Gasteiger partial charge >= 0.3 is 11.9 Å². The molecule has 0 bridgehead atoms. The molecule has 0 aliphatic rings. The number of carbonyl (C=O) groups is 2. The number of anilines is 2. The van der Waals surface area contributed by atoms with Gasteiger partial charge in [-0.25, -0.2) is 19.4 Å². The van der Waals surface area contributed by atoms with Crippen LogP contribution < -0.4 is 5.32 Å². The van der Waals surface area contributed by atoms with E-state index in [-0.39, 0.29) is 30.6 Å². The Kier molecular flexibility index (Phi) is 5.69. The molecule has 2 aromatic heterocycles. The smallest absolute Gasteiger partial charge is 0.360 e. The number of fused-ring (bicyclic) bond motifs is 2. The number of ether oxygens (including phenoxy) is 2. The van der Waals surface area contributed by atoms with Crippen molar-refractivity contribution in [1.29, 1.82) is 0 Å². The SMILES string of the molecule is CCOC(=O)Cn1nnc2cc(Nc3nc4ccccc4nc3C(=O)OCC)ccc21. The summed E-state index contributed by atoms with van der Waals surface area (Å²) in [7, 11) is 0. The van der Waals surface area contributed by atoms with E-state index in [1.54, 1.807) is 38.1 Å². The quantitative estimate of drug-likeness (QED) is 0.450. The molecule has 158 valence electrons. The molecule has 0 saturated carbocycles. The number of rotatable bonds is 7. The fraction of sp³-hybridized carbons (Fsp3) is 0.238. The summed E-state index contributed by atoms with van der Waals surface area (Å²) in [6.07, 6.45) is 0. The Morgan fingerprint density at radius 1 is 0.968 bits per heavy atom. The summed E-state index contributed by atoms with van der Waals surface area (Å²) in [6, 6.07) is 12.6. The molecule has 31 heavy (non-hydrogen) atoms. The lowest BCUT2D eigenvalue weighted by atomic mass is 10.2. The molecule has 0 unspecified atom stereocenters. The first-order chi connectivity index (χ1) is 15.1. The third kappa shape index (κ3) is 4.27. The highest BCUT2D eigenvalue weighted by Crippen LogP contribution is 2.24. The van der Waals surface area contributed by atoms with Crippen LogP contribution in [-0.4, -0.2) is 50.1 Å². The van der Waals surface area contributed by atoms with Gasteiger partial charge in [-0.2, -0.15) is 0 Å². The number of hydrogen-bond donors (Lipinski definition) is 1. The van der Waals surface area contributed by atoms with Crippen LogP contribution >= 0.6 is 0 Å². The van der Waals surface area contributed by atoms with Crippen LogP contribution in [0.3, 0.4) is 0 Å². The van der Waals surface area contributed by atoms with E-state index in [0.29, 0.717) is 34.4 Å². The van der Waals surface area contributed by atoms with Gasteiger partial charge in [0.25, 0.3) is 0 Å². The zero-order valence-electron chi connectivity index (χ0n) is 17.0. The molecule has 4 rings (SSSR count). The van der Waals surface area contributed by atoms with Crippen molar-refractivity contribution in [1.82, 2.24) is 25.0 Å². The van der Waals surface area contributed by atoms with Crippen molar-refractivity contribution in [2.45, 2.75) is 20.4 Å². The molecule has 0 amide bonds. The van der Waals surface area contributed by atoms with E-state index in [9.17, 15) is 9.59 Å². The number of benzene rings is 2. The molecule has 2 heterocycles. The number of esters is 2. The average Bonchev–Trinajstić information content (AvgIpc) is 3.15. The first-order valence-corrected chi connectivity index (χ1v) is 9.78. The number of aromatic nitrogens is 5. The van der Waals surface area contributed by atoms with E-state index < -0.39 is 5.97 Å². The Hall–Kier alpha value is -4.08. The summed E-state index contributed by atoms with van der Waals surface area (Å²) >= 11 is 0. The van der Waals surface area contributed by atoms with Gasteiger partial charge in [-0.05, 0) is 44.2 Å². The molecule has 1 N–H and O–H groups in total. The minimum absolute atomic E-state index is 0.0275. The standard InChI is InChI=1S/C21H20N6O4/c1-3-30-18(28)12-27-17-10-9-13(11-16(17)25-26-27)22-20-19(21(29)31-4-2)23-14-7-5-6-8-15(14)24-20/h5-11H,3-4,12H2,1-2H3,(H,22,24). The molecule has 2 aromatic carbocycles. The van der Waals surface area contributed by atoms with Crippen molar-refractivity contribution in [2.75, 3.05) is 18.5 Å². The van der Waals surface area contributed by atoms with Gasteiger partial charge in [0.1, 0.15) is 12.1 Å². The van der Waals surface area contributed by atoms with Crippen molar-refractivity contribution in [3.63, 3.8) is 0 Å². The van der Waals surface area contributed by atoms with Gasteiger partial charge in [-0.15, -0.1) is 5.10 Å². The van der Waals surface area contributed by atoms with Gasteiger partial charge in [0.05, 0.1) is 29.8 Å². The van der Waals surface area contributed by atoms with Gasteiger partial charge < -0.3 is 14.8 Å². The summed E-state index contributed by atoms with van der Waals surface area (Å²) in [5.74, 6) is -0.679. The Morgan fingerprint density at radius 3 is 2.45 bits per heavy atom. The van der Waals surface area contributed by atoms with E-state index in [1.165, 1.54) is 4.68 Å². The zero-order chi connectivity index (χ0) is 21.8. The molecule has 0 saturated heterocycles. The molecular formula is C21H20N6O4. The van der Waals surface area contributed by atoms with Gasteiger partial charge in [-0.3, -0.25) is 4.79 Å². The molecule has 0 atom stereocenters. The summed E-state index contributed by atoms with van der Waals surface area (Å²) < 4.78 is 11.6. The number of para-hydroxylation sites is 2. The zero-order valence-corrected chi connectivity index (χ0v) is 17.0. The van der Waals surface area contributed by atoms with Crippen molar-refractivity contribution >= 4 is 45.5 Å². The highest BCUT2D eigenvalue weighted by Gasteiger charge is 2.18. The van der Waals surface area contributed by atoms with Crippen molar-refractivity contribution in [2.24, 2.45) is 0 Å². The second kappa shape index (κ2) is 8.74. The molecule has 10 heteroatoms. The van der Waals surface area contributed by atoms with E-state index in [0.717, 1.165) is 0 Å². The van der Waals surface area contributed by atoms with Crippen LogP contribution in [0.15, 0.2) is 42.5 Å². The second-order valence-electron chi connectivity index (χ2n) is 6.51. The monoisotopic (exact) mass is 420 g/mol. The number of nitrogens with one attached hydrogen (secondary N) is 1. The third-order valence-corrected chi connectivity index (χ3v) is 4.40. The van der Waals surface area contributed by atoms with Crippen LogP contribution in [0.2, 0.25) is 0 Å². The Labute approximate surface area is 177 Å². The molecule has 0 radical (unpaired) electrons. The van der Waals surface area contributed by atoms with Crippen LogP contribution in [0.5, 0.6) is 0 Å². The molecule has 0 spiro atoms. The summed E-state index contributed by atoms with van der Waals surface area (Å²) in [5.41, 5.74) is 3.19. The maximum atomic E-state index is 12.4. The molecular weight excluding hydrogens is 400 g/mol. The summed E-state index contributed by atoms with van der Waals surface area (Å²) in [6.45, 7) is 3.97. The highest BCUT2D eigenvalue weighted by molar-refractivity contribution is 5.96. The average molecular weight is 420 g/mol. The largest absolute Gasteiger partial charge is 0.465 e. The highest BCUT2D eigenvalue weighted by atomic mass is 16.5. The number of carbonyl (C=O) groups excluding carboxylic acids is 2. The minimum Gasteiger partial charge on any atom is -0.465 e. The maximum Gasteiger partial charge on any atom is 0.360 e. The first kappa shape index (κ1) is 20.2. The summed E-state index contributed by atoms with van der Waals surface area (Å²) in [4.78, 5) is 33.1. The van der Waals surface area contributed by atoms with E-state index in [4.69, 9.17) is 9.47 Å². The predicted molar refractivity (Wildman–Crippen MR) is 113 cm³/mol. The predicted octanol–water partition coefficient (Wildman–Crippen LogP) is 2.86. The number of hydrogen-bond acceptors (Lipinski definition) is 9. The molecule has 0 aliphatic heterocycles. The fourth-order valence-corrected chi connectivity index (χ4v) is 3.06.